The molecule has 44 heavy (non-hydrogen) atoms. The maximum absolute atomic E-state index is 12.5. The Kier molecular flexibility index (Phi) is 13.0. The summed E-state index contributed by atoms with van der Waals surface area (Å²) in [6, 6.07) is 7.05. The fraction of sp³-hybridized carbons (Fsp3) is 0.233. The molecular formula is C30H29NO13. The topological polar surface area (TPSA) is 187 Å². The van der Waals surface area contributed by atoms with Gasteiger partial charge in [-0.25, -0.2) is 9.59 Å². The standard InChI is InChI=1S/C30H29NO13/c1-17(32)41-24-10-6-21(14-26(24)43-19(3)34)8-12-28(36)31-23(30(38)39-5)16-40-29(37)13-9-22-7-11-25(42-18(2)33)27(15-22)44-20(4)35/h6-15,23H,16H2,1-5H3,(H,31,36)/t23-/m1/s1. The van der Waals surface area contributed by atoms with Gasteiger partial charge in [0.1, 0.15) is 6.61 Å². The Balaban J connectivity index is 2.07. The number of ether oxygens (including phenoxy) is 6. The first kappa shape index (κ1) is 34.4. The molecule has 0 fully saturated rings. The van der Waals surface area contributed by atoms with E-state index < -0.39 is 54.4 Å². The first-order valence-electron chi connectivity index (χ1n) is 12.7. The molecule has 0 saturated carbocycles. The normalized spacial score (nSPS) is 11.3. The molecule has 0 aliphatic carbocycles. The van der Waals surface area contributed by atoms with E-state index in [1.807, 2.05) is 0 Å². The number of carbonyl (C=O) groups is 7. The van der Waals surface area contributed by atoms with E-state index in [2.05, 4.69) is 10.1 Å². The summed E-state index contributed by atoms with van der Waals surface area (Å²) in [6.07, 6.45) is 4.74. The Morgan fingerprint density at radius 2 is 1.09 bits per heavy atom. The van der Waals surface area contributed by atoms with Crippen LogP contribution in [0, 0.1) is 0 Å². The molecule has 0 saturated heterocycles. The first-order chi connectivity index (χ1) is 20.8. The lowest BCUT2D eigenvalue weighted by Gasteiger charge is -2.15. The summed E-state index contributed by atoms with van der Waals surface area (Å²) in [7, 11) is 1.08. The molecule has 0 spiro atoms. The Morgan fingerprint density at radius 1 is 0.659 bits per heavy atom. The van der Waals surface area contributed by atoms with E-state index in [1.54, 1.807) is 0 Å². The van der Waals surface area contributed by atoms with E-state index >= 15 is 0 Å². The molecule has 2 rings (SSSR count). The predicted molar refractivity (Wildman–Crippen MR) is 151 cm³/mol. The first-order valence-corrected chi connectivity index (χ1v) is 12.7. The Labute approximate surface area is 251 Å². The second-order valence-corrected chi connectivity index (χ2v) is 8.67. The maximum atomic E-state index is 12.5. The van der Waals surface area contributed by atoms with Crippen LogP contribution < -0.4 is 24.3 Å². The molecule has 1 amide bonds. The number of rotatable bonds is 12. The van der Waals surface area contributed by atoms with Crippen molar-refractivity contribution >= 4 is 53.9 Å². The van der Waals surface area contributed by atoms with E-state index in [4.69, 9.17) is 23.7 Å². The fourth-order valence-corrected chi connectivity index (χ4v) is 3.28. The summed E-state index contributed by atoms with van der Waals surface area (Å²) in [5.74, 6) is -5.20. The lowest BCUT2D eigenvalue weighted by atomic mass is 10.2. The molecule has 14 nitrogen and oxygen atoms in total. The van der Waals surface area contributed by atoms with Crippen molar-refractivity contribution < 1.29 is 62.0 Å². The number of amides is 1. The number of esters is 6. The minimum absolute atomic E-state index is 0.000213. The Bertz CT molecular complexity index is 1510. The fourth-order valence-electron chi connectivity index (χ4n) is 3.28. The van der Waals surface area contributed by atoms with Crippen molar-refractivity contribution in [1.29, 1.82) is 0 Å². The minimum atomic E-state index is -1.36. The van der Waals surface area contributed by atoms with Crippen LogP contribution in [-0.4, -0.2) is 61.5 Å². The number of carbonyl (C=O) groups excluding carboxylic acids is 7. The van der Waals surface area contributed by atoms with Crippen LogP contribution in [0.4, 0.5) is 0 Å². The number of benzene rings is 2. The van der Waals surface area contributed by atoms with Gasteiger partial charge in [0.2, 0.25) is 5.91 Å². The Hall–Kier alpha value is -5.79. The van der Waals surface area contributed by atoms with Crippen molar-refractivity contribution in [3.05, 3.63) is 59.7 Å². The highest BCUT2D eigenvalue weighted by Gasteiger charge is 2.22. The molecule has 2 aromatic carbocycles. The molecule has 0 aliphatic heterocycles. The van der Waals surface area contributed by atoms with E-state index in [0.29, 0.717) is 11.1 Å². The average Bonchev–Trinajstić information content (AvgIpc) is 2.93. The SMILES string of the molecule is COC(=O)[C@@H](COC(=O)C=Cc1ccc(OC(C)=O)c(OC(C)=O)c1)NC(=O)C=Cc1ccc(OC(C)=O)c(OC(C)=O)c1. The summed E-state index contributed by atoms with van der Waals surface area (Å²) in [5, 5.41) is 2.35. The quantitative estimate of drug-likeness (QED) is 0.209. The van der Waals surface area contributed by atoms with Gasteiger partial charge in [-0.2, -0.15) is 0 Å². The van der Waals surface area contributed by atoms with Crippen molar-refractivity contribution in [3.63, 3.8) is 0 Å². The molecule has 0 radical (unpaired) electrons. The average molecular weight is 612 g/mol. The second kappa shape index (κ2) is 16.6. The highest BCUT2D eigenvalue weighted by atomic mass is 16.6. The van der Waals surface area contributed by atoms with Gasteiger partial charge >= 0.3 is 35.8 Å². The van der Waals surface area contributed by atoms with Crippen molar-refractivity contribution in [2.75, 3.05) is 13.7 Å². The molecule has 0 aliphatic rings. The monoisotopic (exact) mass is 611 g/mol. The van der Waals surface area contributed by atoms with Gasteiger partial charge in [-0.3, -0.25) is 24.0 Å². The zero-order valence-corrected chi connectivity index (χ0v) is 24.4. The molecule has 1 N–H and O–H groups in total. The third kappa shape index (κ3) is 12.0. The third-order valence-electron chi connectivity index (χ3n) is 4.98. The van der Waals surface area contributed by atoms with Gasteiger partial charge in [0.05, 0.1) is 7.11 Å². The van der Waals surface area contributed by atoms with Gasteiger partial charge in [0, 0.05) is 39.8 Å². The minimum Gasteiger partial charge on any atom is -0.467 e. The van der Waals surface area contributed by atoms with Crippen LogP contribution in [0.1, 0.15) is 38.8 Å². The Morgan fingerprint density at radius 3 is 1.52 bits per heavy atom. The van der Waals surface area contributed by atoms with E-state index in [0.717, 1.165) is 33.1 Å². The number of nitrogens with one attached hydrogen (secondary N) is 1. The van der Waals surface area contributed by atoms with Crippen LogP contribution in [0.15, 0.2) is 48.6 Å². The van der Waals surface area contributed by atoms with Crippen LogP contribution in [0.2, 0.25) is 0 Å². The van der Waals surface area contributed by atoms with E-state index in [1.165, 1.54) is 62.4 Å². The van der Waals surface area contributed by atoms with Gasteiger partial charge in [0.25, 0.3) is 0 Å². The maximum Gasteiger partial charge on any atom is 0.331 e. The van der Waals surface area contributed by atoms with Crippen LogP contribution >= 0.6 is 0 Å². The van der Waals surface area contributed by atoms with Gasteiger partial charge < -0.3 is 33.7 Å². The van der Waals surface area contributed by atoms with Gasteiger partial charge in [-0.15, -0.1) is 0 Å². The zero-order valence-electron chi connectivity index (χ0n) is 24.4. The highest BCUT2D eigenvalue weighted by Crippen LogP contribution is 2.30. The molecule has 232 valence electrons. The molecule has 0 heterocycles. The summed E-state index contributed by atoms with van der Waals surface area (Å²) in [4.78, 5) is 82.3. The molecular weight excluding hydrogens is 582 g/mol. The number of methoxy groups -OCH3 is 1. The molecule has 1 atom stereocenters. The highest BCUT2D eigenvalue weighted by molar-refractivity contribution is 5.95. The van der Waals surface area contributed by atoms with E-state index in [9.17, 15) is 33.6 Å². The van der Waals surface area contributed by atoms with Crippen LogP contribution in [0.3, 0.4) is 0 Å². The molecule has 0 unspecified atom stereocenters. The lowest BCUT2D eigenvalue weighted by molar-refractivity contribution is -0.149. The zero-order chi connectivity index (χ0) is 32.8. The third-order valence-corrected chi connectivity index (χ3v) is 4.98. The summed E-state index contributed by atoms with van der Waals surface area (Å²) >= 11 is 0. The van der Waals surface area contributed by atoms with Crippen molar-refractivity contribution in [2.24, 2.45) is 0 Å². The summed E-state index contributed by atoms with van der Waals surface area (Å²) < 4.78 is 29.8. The van der Waals surface area contributed by atoms with Crippen LogP contribution in [-0.2, 0) is 43.0 Å². The van der Waals surface area contributed by atoms with Gasteiger partial charge in [-0.1, -0.05) is 12.1 Å². The largest absolute Gasteiger partial charge is 0.467 e. The molecule has 0 aromatic heterocycles. The molecule has 0 bridgehead atoms. The van der Waals surface area contributed by atoms with Crippen molar-refractivity contribution in [1.82, 2.24) is 5.32 Å². The van der Waals surface area contributed by atoms with Gasteiger partial charge in [0.15, 0.2) is 29.0 Å². The number of hydrogen-bond donors (Lipinski definition) is 1. The molecule has 14 heteroatoms. The van der Waals surface area contributed by atoms with E-state index in [-0.39, 0.29) is 23.0 Å². The second-order valence-electron chi connectivity index (χ2n) is 8.67. The van der Waals surface area contributed by atoms with Crippen LogP contribution in [0.25, 0.3) is 12.2 Å². The van der Waals surface area contributed by atoms with Crippen molar-refractivity contribution in [3.8, 4) is 23.0 Å². The van der Waals surface area contributed by atoms with Crippen LogP contribution in [0.5, 0.6) is 23.0 Å². The van der Waals surface area contributed by atoms with Gasteiger partial charge in [-0.05, 0) is 47.5 Å². The number of hydrogen-bond acceptors (Lipinski definition) is 13. The summed E-state index contributed by atoms with van der Waals surface area (Å²) in [6.45, 7) is 4.10. The molecule has 2 aromatic rings. The predicted octanol–water partition coefficient (Wildman–Crippen LogP) is 2.32. The summed E-state index contributed by atoms with van der Waals surface area (Å²) in [5.41, 5.74) is 0.769. The van der Waals surface area contributed by atoms with Crippen molar-refractivity contribution in [2.45, 2.75) is 33.7 Å². The lowest BCUT2D eigenvalue weighted by Crippen LogP contribution is -2.44. The smallest absolute Gasteiger partial charge is 0.331 e.